The number of likely N-dealkylation sites (tertiary alicyclic amines) is 1. The minimum atomic E-state index is -0.0861. The highest BCUT2D eigenvalue weighted by atomic mass is 35.5. The van der Waals surface area contributed by atoms with Crippen molar-refractivity contribution in [2.24, 2.45) is 7.05 Å². The molecule has 1 aromatic carbocycles. The first-order valence-electron chi connectivity index (χ1n) is 8.29. The van der Waals surface area contributed by atoms with E-state index >= 15 is 0 Å². The predicted octanol–water partition coefficient (Wildman–Crippen LogP) is 2.78. The number of carbonyl (C=O) groups is 1. The first-order chi connectivity index (χ1) is 11.5. The summed E-state index contributed by atoms with van der Waals surface area (Å²) >= 11 is 5.94. The Labute approximate surface area is 147 Å². The highest BCUT2D eigenvalue weighted by Gasteiger charge is 2.23. The van der Waals surface area contributed by atoms with Gasteiger partial charge in [0.25, 0.3) is 5.91 Å². The van der Waals surface area contributed by atoms with E-state index < -0.39 is 0 Å². The highest BCUT2D eigenvalue weighted by Crippen LogP contribution is 2.16. The van der Waals surface area contributed by atoms with Crippen molar-refractivity contribution in [2.45, 2.75) is 32.4 Å². The largest absolute Gasteiger partial charge is 0.347 e. The molecule has 1 atom stereocenters. The van der Waals surface area contributed by atoms with Crippen molar-refractivity contribution in [1.82, 2.24) is 20.0 Å². The summed E-state index contributed by atoms with van der Waals surface area (Å²) in [6.45, 7) is 4.74. The van der Waals surface area contributed by atoms with Gasteiger partial charge in [-0.25, -0.2) is 0 Å². The van der Waals surface area contributed by atoms with Gasteiger partial charge in [-0.1, -0.05) is 23.7 Å². The van der Waals surface area contributed by atoms with E-state index in [1.165, 1.54) is 5.56 Å². The molecule has 2 heterocycles. The molecule has 1 N–H and O–H groups in total. The van der Waals surface area contributed by atoms with E-state index in [-0.39, 0.29) is 11.9 Å². The van der Waals surface area contributed by atoms with Gasteiger partial charge in [0.1, 0.15) is 5.69 Å². The third-order valence-electron chi connectivity index (χ3n) is 4.51. The maximum atomic E-state index is 12.4. The van der Waals surface area contributed by atoms with E-state index in [1.54, 1.807) is 4.68 Å². The summed E-state index contributed by atoms with van der Waals surface area (Å²) < 4.78 is 1.72. The maximum Gasteiger partial charge on any atom is 0.272 e. The van der Waals surface area contributed by atoms with Crippen LogP contribution >= 0.6 is 11.6 Å². The molecule has 128 valence electrons. The van der Waals surface area contributed by atoms with E-state index in [0.717, 1.165) is 43.2 Å². The van der Waals surface area contributed by atoms with Crippen LogP contribution in [0, 0.1) is 6.92 Å². The van der Waals surface area contributed by atoms with Gasteiger partial charge in [-0.2, -0.15) is 5.10 Å². The Morgan fingerprint density at radius 3 is 2.79 bits per heavy atom. The van der Waals surface area contributed by atoms with Crippen LogP contribution in [0.3, 0.4) is 0 Å². The number of nitrogens with zero attached hydrogens (tertiary/aromatic N) is 3. The number of aromatic nitrogens is 2. The molecular formula is C18H23ClN4O. The SMILES string of the molecule is Cc1cc(C(=O)NC2CCCN(Cc3ccc(Cl)cc3)C2)nn1C. The zero-order valence-electron chi connectivity index (χ0n) is 14.1. The van der Waals surface area contributed by atoms with Crippen molar-refractivity contribution in [3.63, 3.8) is 0 Å². The maximum absolute atomic E-state index is 12.4. The van der Waals surface area contributed by atoms with Crippen LogP contribution < -0.4 is 5.32 Å². The fraction of sp³-hybridized carbons (Fsp3) is 0.444. The molecule has 1 fully saturated rings. The standard InChI is InChI=1S/C18H23ClN4O/c1-13-10-17(21-22(13)2)18(24)20-16-4-3-9-23(12-16)11-14-5-7-15(19)8-6-14/h5-8,10,16H,3-4,9,11-12H2,1-2H3,(H,20,24). The van der Waals surface area contributed by atoms with Crippen LogP contribution in [-0.2, 0) is 13.6 Å². The number of halogens is 1. The van der Waals surface area contributed by atoms with Gasteiger partial charge >= 0.3 is 0 Å². The molecule has 0 aliphatic carbocycles. The van der Waals surface area contributed by atoms with Crippen molar-refractivity contribution >= 4 is 17.5 Å². The number of piperidine rings is 1. The molecule has 1 amide bonds. The summed E-state index contributed by atoms with van der Waals surface area (Å²) in [5.74, 6) is -0.0861. The van der Waals surface area contributed by atoms with E-state index in [0.29, 0.717) is 5.69 Å². The second-order valence-electron chi connectivity index (χ2n) is 6.47. The van der Waals surface area contributed by atoms with E-state index in [4.69, 9.17) is 11.6 Å². The lowest BCUT2D eigenvalue weighted by Crippen LogP contribution is -2.47. The number of benzene rings is 1. The zero-order valence-corrected chi connectivity index (χ0v) is 14.9. The fourth-order valence-corrected chi connectivity index (χ4v) is 3.22. The average Bonchev–Trinajstić information content (AvgIpc) is 2.90. The highest BCUT2D eigenvalue weighted by molar-refractivity contribution is 6.30. The summed E-state index contributed by atoms with van der Waals surface area (Å²) in [6.07, 6.45) is 2.09. The molecule has 3 rings (SSSR count). The molecule has 1 aliphatic rings. The molecule has 1 aromatic heterocycles. The van der Waals surface area contributed by atoms with Gasteiger partial charge in [-0.05, 0) is 50.1 Å². The fourth-order valence-electron chi connectivity index (χ4n) is 3.10. The van der Waals surface area contributed by atoms with Crippen molar-refractivity contribution < 1.29 is 4.79 Å². The molecule has 0 spiro atoms. The molecular weight excluding hydrogens is 324 g/mol. The normalized spacial score (nSPS) is 18.5. The Morgan fingerprint density at radius 2 is 2.12 bits per heavy atom. The number of rotatable bonds is 4. The summed E-state index contributed by atoms with van der Waals surface area (Å²) in [6, 6.07) is 9.94. The van der Waals surface area contributed by atoms with Crippen LogP contribution in [0.1, 0.15) is 34.6 Å². The third-order valence-corrected chi connectivity index (χ3v) is 4.76. The van der Waals surface area contributed by atoms with E-state index in [2.05, 4.69) is 27.4 Å². The van der Waals surface area contributed by atoms with Crippen molar-refractivity contribution in [2.75, 3.05) is 13.1 Å². The number of hydrogen-bond donors (Lipinski definition) is 1. The molecule has 6 heteroatoms. The smallest absolute Gasteiger partial charge is 0.272 e. The van der Waals surface area contributed by atoms with E-state index in [1.807, 2.05) is 32.2 Å². The minimum Gasteiger partial charge on any atom is -0.347 e. The molecule has 24 heavy (non-hydrogen) atoms. The van der Waals surface area contributed by atoms with Crippen LogP contribution in [-0.4, -0.2) is 39.7 Å². The Bertz CT molecular complexity index is 691. The Hall–Kier alpha value is -1.85. The van der Waals surface area contributed by atoms with Crippen molar-refractivity contribution in [3.05, 3.63) is 52.3 Å². The van der Waals surface area contributed by atoms with Gasteiger partial charge in [-0.3, -0.25) is 14.4 Å². The molecule has 1 saturated heterocycles. The lowest BCUT2D eigenvalue weighted by Gasteiger charge is -2.33. The molecule has 2 aromatic rings. The average molecular weight is 347 g/mol. The Balaban J connectivity index is 1.57. The summed E-state index contributed by atoms with van der Waals surface area (Å²) in [4.78, 5) is 14.7. The number of aryl methyl sites for hydroxylation is 2. The van der Waals surface area contributed by atoms with Gasteiger partial charge in [0.2, 0.25) is 0 Å². The van der Waals surface area contributed by atoms with Crippen LogP contribution in [0.25, 0.3) is 0 Å². The topological polar surface area (TPSA) is 50.2 Å². The zero-order chi connectivity index (χ0) is 17.1. The summed E-state index contributed by atoms with van der Waals surface area (Å²) in [5, 5.41) is 8.13. The molecule has 0 saturated carbocycles. The molecule has 0 bridgehead atoms. The van der Waals surface area contributed by atoms with Crippen LogP contribution in [0.15, 0.2) is 30.3 Å². The molecule has 1 unspecified atom stereocenters. The lowest BCUT2D eigenvalue weighted by molar-refractivity contribution is 0.0895. The summed E-state index contributed by atoms with van der Waals surface area (Å²) in [5.41, 5.74) is 2.71. The van der Waals surface area contributed by atoms with Gasteiger partial charge in [0, 0.05) is 36.9 Å². The van der Waals surface area contributed by atoms with Crippen LogP contribution in [0.2, 0.25) is 5.02 Å². The number of amides is 1. The third kappa shape index (κ3) is 4.16. The quantitative estimate of drug-likeness (QED) is 0.926. The number of nitrogens with one attached hydrogen (secondary N) is 1. The van der Waals surface area contributed by atoms with Gasteiger partial charge in [-0.15, -0.1) is 0 Å². The number of carbonyl (C=O) groups excluding carboxylic acids is 1. The molecule has 0 radical (unpaired) electrons. The summed E-state index contributed by atoms with van der Waals surface area (Å²) in [7, 11) is 1.85. The Morgan fingerprint density at radius 1 is 1.38 bits per heavy atom. The second-order valence-corrected chi connectivity index (χ2v) is 6.91. The van der Waals surface area contributed by atoms with Crippen molar-refractivity contribution in [1.29, 1.82) is 0 Å². The predicted molar refractivity (Wildman–Crippen MR) is 95.2 cm³/mol. The van der Waals surface area contributed by atoms with Gasteiger partial charge in [0.05, 0.1) is 0 Å². The van der Waals surface area contributed by atoms with Crippen LogP contribution in [0.5, 0.6) is 0 Å². The molecule has 5 nitrogen and oxygen atoms in total. The molecule has 1 aliphatic heterocycles. The minimum absolute atomic E-state index is 0.0861. The van der Waals surface area contributed by atoms with E-state index in [9.17, 15) is 4.79 Å². The van der Waals surface area contributed by atoms with Gasteiger partial charge in [0.15, 0.2) is 0 Å². The Kier molecular flexibility index (Phi) is 5.21. The lowest BCUT2D eigenvalue weighted by atomic mass is 10.0. The monoisotopic (exact) mass is 346 g/mol. The number of hydrogen-bond acceptors (Lipinski definition) is 3. The first kappa shape index (κ1) is 17.0. The first-order valence-corrected chi connectivity index (χ1v) is 8.67. The van der Waals surface area contributed by atoms with Crippen LogP contribution in [0.4, 0.5) is 0 Å². The van der Waals surface area contributed by atoms with Gasteiger partial charge < -0.3 is 5.32 Å². The second kappa shape index (κ2) is 7.36. The van der Waals surface area contributed by atoms with Crippen molar-refractivity contribution in [3.8, 4) is 0 Å².